The smallest absolute Gasteiger partial charge is 0.334 e. The van der Waals surface area contributed by atoms with E-state index >= 15 is 0 Å². The first-order chi connectivity index (χ1) is 15.0. The van der Waals surface area contributed by atoms with Crippen molar-refractivity contribution in [1.82, 2.24) is 9.88 Å². The molecule has 5 rings (SSSR count). The molecule has 1 saturated heterocycles. The van der Waals surface area contributed by atoms with Gasteiger partial charge in [-0.25, -0.2) is 4.79 Å². The van der Waals surface area contributed by atoms with Gasteiger partial charge in [0.2, 0.25) is 0 Å². The predicted molar refractivity (Wildman–Crippen MR) is 124 cm³/mol. The second-order valence-corrected chi connectivity index (χ2v) is 10.3. The third-order valence-corrected chi connectivity index (χ3v) is 8.33. The summed E-state index contributed by atoms with van der Waals surface area (Å²) in [4.78, 5) is 19.2. The molecule has 1 aromatic heterocycles. The number of fused-ring (bicyclic) bond motifs is 4. The lowest BCUT2D eigenvalue weighted by Gasteiger charge is -2.35. The Balaban J connectivity index is 1.28. The topological polar surface area (TPSA) is 45.3 Å². The lowest BCUT2D eigenvalue weighted by Crippen LogP contribution is -2.36. The summed E-state index contributed by atoms with van der Waals surface area (Å²) in [6.07, 6.45) is 20.7. The van der Waals surface area contributed by atoms with Crippen LogP contribution in [0.2, 0.25) is 0 Å². The Morgan fingerprint density at radius 2 is 1.97 bits per heavy atom. The van der Waals surface area contributed by atoms with Crippen LogP contribution in [-0.4, -0.2) is 34.5 Å². The van der Waals surface area contributed by atoms with E-state index in [9.17, 15) is 4.79 Å². The van der Waals surface area contributed by atoms with E-state index in [-0.39, 0.29) is 11.6 Å². The fraction of sp³-hybridized carbons (Fsp3) is 0.593. The number of esters is 1. The molecule has 4 aliphatic rings. The van der Waals surface area contributed by atoms with Gasteiger partial charge in [-0.15, -0.1) is 0 Å². The second kappa shape index (κ2) is 8.46. The van der Waals surface area contributed by atoms with Crippen molar-refractivity contribution in [2.24, 2.45) is 11.8 Å². The van der Waals surface area contributed by atoms with Crippen LogP contribution in [0.3, 0.4) is 0 Å². The number of nitrogens with one attached hydrogen (secondary N) is 1. The van der Waals surface area contributed by atoms with Crippen molar-refractivity contribution in [2.45, 2.75) is 76.9 Å². The fourth-order valence-electron chi connectivity index (χ4n) is 6.34. The summed E-state index contributed by atoms with van der Waals surface area (Å²) < 4.78 is 6.17. The van der Waals surface area contributed by atoms with Crippen LogP contribution < -0.4 is 0 Å². The maximum absolute atomic E-state index is 12.9. The molecular weight excluding hydrogens is 384 g/mol. The number of nitrogens with zero attached hydrogens (tertiary/aromatic N) is 1. The van der Waals surface area contributed by atoms with E-state index in [1.54, 1.807) is 5.56 Å². The van der Waals surface area contributed by atoms with Crippen LogP contribution in [0.15, 0.2) is 42.2 Å². The van der Waals surface area contributed by atoms with Gasteiger partial charge in [-0.05, 0) is 94.7 Å². The molecule has 1 aromatic rings. The first kappa shape index (κ1) is 20.8. The molecule has 2 fully saturated rings. The number of aryl methyl sites for hydroxylation is 1. The van der Waals surface area contributed by atoms with Gasteiger partial charge in [-0.1, -0.05) is 30.4 Å². The minimum Gasteiger partial charge on any atom is -0.456 e. The molecule has 3 heterocycles. The van der Waals surface area contributed by atoms with Crippen molar-refractivity contribution < 1.29 is 9.53 Å². The summed E-state index contributed by atoms with van der Waals surface area (Å²) in [6.45, 7) is 6.80. The number of aromatic nitrogens is 1. The number of rotatable bonds is 2. The SMILES string of the molecule is Cc1c[nH]c2c1CCN1CCC3CCC(C)(OC(=O)C4=CC=CC=CC4)CCC3CC21. The Bertz CT molecular complexity index is 924. The molecule has 4 heteroatoms. The molecule has 0 aromatic carbocycles. The highest BCUT2D eigenvalue weighted by molar-refractivity contribution is 5.89. The molecule has 4 atom stereocenters. The number of hydrogen-bond acceptors (Lipinski definition) is 3. The minimum atomic E-state index is -0.343. The average Bonchev–Trinajstić information content (AvgIpc) is 2.96. The number of carbonyl (C=O) groups excluding carboxylic acids is 1. The van der Waals surface area contributed by atoms with Crippen molar-refractivity contribution in [1.29, 1.82) is 0 Å². The molecule has 2 aliphatic carbocycles. The third-order valence-electron chi connectivity index (χ3n) is 8.33. The maximum Gasteiger partial charge on any atom is 0.334 e. The van der Waals surface area contributed by atoms with Crippen LogP contribution in [-0.2, 0) is 16.0 Å². The van der Waals surface area contributed by atoms with Crippen LogP contribution in [0.4, 0.5) is 0 Å². The van der Waals surface area contributed by atoms with Gasteiger partial charge in [0.25, 0.3) is 0 Å². The molecular formula is C27H36N2O2. The highest BCUT2D eigenvalue weighted by Gasteiger charge is 2.41. The lowest BCUT2D eigenvalue weighted by atomic mass is 9.81. The molecule has 0 amide bonds. The van der Waals surface area contributed by atoms with E-state index in [0.29, 0.717) is 18.4 Å². The maximum atomic E-state index is 12.9. The van der Waals surface area contributed by atoms with Gasteiger partial charge in [0.1, 0.15) is 5.60 Å². The summed E-state index contributed by atoms with van der Waals surface area (Å²) >= 11 is 0. The van der Waals surface area contributed by atoms with Gasteiger partial charge >= 0.3 is 5.97 Å². The molecule has 31 heavy (non-hydrogen) atoms. The van der Waals surface area contributed by atoms with E-state index in [2.05, 4.69) is 29.9 Å². The quantitative estimate of drug-likeness (QED) is 0.637. The highest BCUT2D eigenvalue weighted by Crippen LogP contribution is 2.46. The fourth-order valence-corrected chi connectivity index (χ4v) is 6.34. The van der Waals surface area contributed by atoms with Crippen molar-refractivity contribution in [3.05, 3.63) is 59.0 Å². The zero-order chi connectivity index (χ0) is 21.4. The molecule has 4 unspecified atom stereocenters. The Morgan fingerprint density at radius 1 is 1.13 bits per heavy atom. The largest absolute Gasteiger partial charge is 0.456 e. The van der Waals surface area contributed by atoms with Gasteiger partial charge in [-0.2, -0.15) is 0 Å². The standard InChI is InChI=1S/C27H36N2O2/c1-19-18-28-25-23(19)12-16-29-15-11-20-9-13-27(2,14-10-22(20)17-24(25)29)31-26(30)21-7-5-3-4-6-8-21/h3-7,18,20,22,24,28H,8-17H2,1-2H3. The highest BCUT2D eigenvalue weighted by atomic mass is 16.6. The number of allylic oxidation sites excluding steroid dienone is 5. The van der Waals surface area contributed by atoms with E-state index in [1.165, 1.54) is 50.0 Å². The minimum absolute atomic E-state index is 0.134. The molecule has 0 radical (unpaired) electrons. The van der Waals surface area contributed by atoms with E-state index in [0.717, 1.165) is 30.8 Å². The van der Waals surface area contributed by atoms with E-state index in [1.807, 2.05) is 30.4 Å². The normalized spacial score (nSPS) is 33.2. The van der Waals surface area contributed by atoms with Crippen LogP contribution in [0, 0.1) is 18.8 Å². The molecule has 1 N–H and O–H groups in total. The van der Waals surface area contributed by atoms with Gasteiger partial charge in [0.05, 0.1) is 6.04 Å². The Labute approximate surface area is 186 Å². The third kappa shape index (κ3) is 4.19. The summed E-state index contributed by atoms with van der Waals surface area (Å²) in [5, 5.41) is 0. The van der Waals surface area contributed by atoms with Crippen LogP contribution in [0.25, 0.3) is 0 Å². The zero-order valence-electron chi connectivity index (χ0n) is 19.0. The van der Waals surface area contributed by atoms with Gasteiger partial charge in [-0.3, -0.25) is 4.90 Å². The van der Waals surface area contributed by atoms with E-state index < -0.39 is 0 Å². The van der Waals surface area contributed by atoms with Gasteiger partial charge in [0, 0.05) is 24.0 Å². The van der Waals surface area contributed by atoms with Gasteiger partial charge < -0.3 is 9.72 Å². The molecule has 4 nitrogen and oxygen atoms in total. The average molecular weight is 421 g/mol. The van der Waals surface area contributed by atoms with Crippen molar-refractivity contribution in [2.75, 3.05) is 13.1 Å². The van der Waals surface area contributed by atoms with Crippen LogP contribution in [0.1, 0.15) is 74.7 Å². The number of ether oxygens (including phenoxy) is 1. The summed E-state index contributed by atoms with van der Waals surface area (Å²) in [5.74, 6) is 1.33. The van der Waals surface area contributed by atoms with Crippen LogP contribution in [0.5, 0.6) is 0 Å². The zero-order valence-corrected chi connectivity index (χ0v) is 19.0. The number of aromatic amines is 1. The molecule has 0 bridgehead atoms. The number of H-pyrrole nitrogens is 1. The van der Waals surface area contributed by atoms with E-state index in [4.69, 9.17) is 4.74 Å². The molecule has 0 spiro atoms. The molecule has 166 valence electrons. The van der Waals surface area contributed by atoms with Gasteiger partial charge in [0.15, 0.2) is 0 Å². The van der Waals surface area contributed by atoms with Crippen molar-refractivity contribution in [3.8, 4) is 0 Å². The Kier molecular flexibility index (Phi) is 5.68. The summed E-state index contributed by atoms with van der Waals surface area (Å²) in [6, 6.07) is 0.536. The monoisotopic (exact) mass is 420 g/mol. The predicted octanol–water partition coefficient (Wildman–Crippen LogP) is 5.57. The molecule has 1 saturated carbocycles. The number of carbonyl (C=O) groups is 1. The second-order valence-electron chi connectivity index (χ2n) is 10.3. The number of hydrogen-bond donors (Lipinski definition) is 1. The molecule has 2 aliphatic heterocycles. The Morgan fingerprint density at radius 3 is 2.84 bits per heavy atom. The first-order valence-corrected chi connectivity index (χ1v) is 12.2. The lowest BCUT2D eigenvalue weighted by molar-refractivity contribution is -0.154. The van der Waals surface area contributed by atoms with Crippen molar-refractivity contribution >= 4 is 5.97 Å². The van der Waals surface area contributed by atoms with Crippen LogP contribution >= 0.6 is 0 Å². The summed E-state index contributed by atoms with van der Waals surface area (Å²) in [7, 11) is 0. The summed E-state index contributed by atoms with van der Waals surface area (Å²) in [5.41, 5.74) is 4.88. The Hall–Kier alpha value is -2.07. The first-order valence-electron chi connectivity index (χ1n) is 12.2. The van der Waals surface area contributed by atoms with Crippen molar-refractivity contribution in [3.63, 3.8) is 0 Å².